The molecule has 17 heavy (non-hydrogen) atoms. The summed E-state index contributed by atoms with van der Waals surface area (Å²) in [4.78, 5) is 13.5. The standard InChI is InChI=1S/C12H24N2O2.ClH/c1-10-4-5-11(16-10)6-7-12(15)14(3)9-8-13-2;/h10-11,13H,4-9H2,1-3H3;1H. The van der Waals surface area contributed by atoms with E-state index in [0.717, 1.165) is 32.4 Å². The zero-order valence-electron chi connectivity index (χ0n) is 11.1. The number of rotatable bonds is 6. The molecule has 1 amide bonds. The van der Waals surface area contributed by atoms with Crippen LogP contribution in [-0.2, 0) is 9.53 Å². The Bertz CT molecular complexity index is 227. The average molecular weight is 265 g/mol. The van der Waals surface area contributed by atoms with Crippen molar-refractivity contribution in [2.75, 3.05) is 27.2 Å². The lowest BCUT2D eigenvalue weighted by atomic mass is 10.1. The highest BCUT2D eigenvalue weighted by Gasteiger charge is 2.22. The van der Waals surface area contributed by atoms with Gasteiger partial charge in [0.15, 0.2) is 0 Å². The van der Waals surface area contributed by atoms with Crippen LogP contribution in [0.15, 0.2) is 0 Å². The van der Waals surface area contributed by atoms with Gasteiger partial charge in [0.1, 0.15) is 0 Å². The molecule has 102 valence electrons. The van der Waals surface area contributed by atoms with E-state index in [9.17, 15) is 4.79 Å². The van der Waals surface area contributed by atoms with Gasteiger partial charge in [0.2, 0.25) is 5.91 Å². The summed E-state index contributed by atoms with van der Waals surface area (Å²) in [5.41, 5.74) is 0. The van der Waals surface area contributed by atoms with Crippen molar-refractivity contribution in [3.8, 4) is 0 Å². The molecule has 1 heterocycles. The van der Waals surface area contributed by atoms with E-state index in [4.69, 9.17) is 4.74 Å². The molecule has 0 saturated carbocycles. The van der Waals surface area contributed by atoms with E-state index in [1.165, 1.54) is 0 Å². The van der Waals surface area contributed by atoms with Crippen LogP contribution in [0.3, 0.4) is 0 Å². The van der Waals surface area contributed by atoms with E-state index in [2.05, 4.69) is 12.2 Å². The normalized spacial score (nSPS) is 23.2. The van der Waals surface area contributed by atoms with Gasteiger partial charge >= 0.3 is 0 Å². The van der Waals surface area contributed by atoms with Crippen molar-refractivity contribution < 1.29 is 9.53 Å². The van der Waals surface area contributed by atoms with Gasteiger partial charge in [-0.25, -0.2) is 0 Å². The second kappa shape index (κ2) is 8.72. The van der Waals surface area contributed by atoms with Crippen molar-refractivity contribution in [3.05, 3.63) is 0 Å². The zero-order valence-corrected chi connectivity index (χ0v) is 11.9. The third kappa shape index (κ3) is 6.24. The molecule has 0 radical (unpaired) electrons. The van der Waals surface area contributed by atoms with Crippen LogP contribution in [0.5, 0.6) is 0 Å². The molecule has 0 aromatic heterocycles. The number of hydrogen-bond acceptors (Lipinski definition) is 3. The molecule has 1 N–H and O–H groups in total. The van der Waals surface area contributed by atoms with Crippen molar-refractivity contribution in [1.29, 1.82) is 0 Å². The molecule has 2 unspecified atom stereocenters. The number of amides is 1. The van der Waals surface area contributed by atoms with E-state index in [1.807, 2.05) is 14.1 Å². The lowest BCUT2D eigenvalue weighted by Crippen LogP contribution is -2.33. The Balaban J connectivity index is 0.00000256. The van der Waals surface area contributed by atoms with Crippen LogP contribution in [0, 0.1) is 0 Å². The maximum absolute atomic E-state index is 11.7. The van der Waals surface area contributed by atoms with Crippen LogP contribution in [0.4, 0.5) is 0 Å². The van der Waals surface area contributed by atoms with Gasteiger partial charge < -0.3 is 15.0 Å². The molecular formula is C12H25ClN2O2. The average Bonchev–Trinajstić information content (AvgIpc) is 2.68. The summed E-state index contributed by atoms with van der Waals surface area (Å²) >= 11 is 0. The monoisotopic (exact) mass is 264 g/mol. The van der Waals surface area contributed by atoms with Gasteiger partial charge in [-0.2, -0.15) is 0 Å². The van der Waals surface area contributed by atoms with E-state index in [1.54, 1.807) is 4.90 Å². The highest BCUT2D eigenvalue weighted by molar-refractivity contribution is 5.85. The summed E-state index contributed by atoms with van der Waals surface area (Å²) in [7, 11) is 3.75. The fourth-order valence-corrected chi connectivity index (χ4v) is 1.98. The number of nitrogens with zero attached hydrogens (tertiary/aromatic N) is 1. The summed E-state index contributed by atoms with van der Waals surface area (Å²) in [6, 6.07) is 0. The topological polar surface area (TPSA) is 41.6 Å². The maximum atomic E-state index is 11.7. The third-order valence-electron chi connectivity index (χ3n) is 3.12. The van der Waals surface area contributed by atoms with E-state index >= 15 is 0 Å². The quantitative estimate of drug-likeness (QED) is 0.789. The van der Waals surface area contributed by atoms with Gasteiger partial charge in [0.25, 0.3) is 0 Å². The summed E-state index contributed by atoms with van der Waals surface area (Å²) in [6.45, 7) is 3.72. The van der Waals surface area contributed by atoms with E-state index in [0.29, 0.717) is 18.6 Å². The Morgan fingerprint density at radius 3 is 2.71 bits per heavy atom. The molecule has 0 bridgehead atoms. The van der Waals surface area contributed by atoms with Crippen LogP contribution in [0.1, 0.15) is 32.6 Å². The maximum Gasteiger partial charge on any atom is 0.222 e. The molecule has 0 spiro atoms. The van der Waals surface area contributed by atoms with E-state index < -0.39 is 0 Å². The molecule has 2 atom stereocenters. The van der Waals surface area contributed by atoms with Crippen LogP contribution in [-0.4, -0.2) is 50.2 Å². The first-order chi connectivity index (χ1) is 7.63. The Labute approximate surface area is 110 Å². The SMILES string of the molecule is CNCCN(C)C(=O)CCC1CCC(C)O1.Cl. The number of nitrogens with one attached hydrogen (secondary N) is 1. The number of ether oxygens (including phenoxy) is 1. The molecule has 4 nitrogen and oxygen atoms in total. The summed E-state index contributed by atoms with van der Waals surface area (Å²) < 4.78 is 5.69. The van der Waals surface area contributed by atoms with Crippen molar-refractivity contribution in [2.24, 2.45) is 0 Å². The molecular weight excluding hydrogens is 240 g/mol. The minimum absolute atomic E-state index is 0. The summed E-state index contributed by atoms with van der Waals surface area (Å²) in [5, 5.41) is 3.04. The molecule has 5 heteroatoms. The Kier molecular flexibility index (Phi) is 8.56. The molecule has 0 aliphatic carbocycles. The lowest BCUT2D eigenvalue weighted by Gasteiger charge is -2.18. The lowest BCUT2D eigenvalue weighted by molar-refractivity contribution is -0.130. The fraction of sp³-hybridized carbons (Fsp3) is 0.917. The van der Waals surface area contributed by atoms with Crippen LogP contribution in [0.2, 0.25) is 0 Å². The van der Waals surface area contributed by atoms with E-state index in [-0.39, 0.29) is 18.3 Å². The van der Waals surface area contributed by atoms with Gasteiger partial charge in [-0.3, -0.25) is 4.79 Å². The van der Waals surface area contributed by atoms with Gasteiger partial charge in [-0.15, -0.1) is 12.4 Å². The molecule has 0 aromatic carbocycles. The highest BCUT2D eigenvalue weighted by atomic mass is 35.5. The number of carbonyl (C=O) groups is 1. The fourth-order valence-electron chi connectivity index (χ4n) is 1.98. The zero-order chi connectivity index (χ0) is 12.0. The minimum Gasteiger partial charge on any atom is -0.375 e. The van der Waals surface area contributed by atoms with Gasteiger partial charge in [-0.05, 0) is 33.2 Å². The highest BCUT2D eigenvalue weighted by Crippen LogP contribution is 2.22. The van der Waals surface area contributed by atoms with Gasteiger partial charge in [0, 0.05) is 26.6 Å². The van der Waals surface area contributed by atoms with Crippen molar-refractivity contribution in [1.82, 2.24) is 10.2 Å². The smallest absolute Gasteiger partial charge is 0.222 e. The molecule has 1 aliphatic rings. The first-order valence-electron chi connectivity index (χ1n) is 6.17. The molecule has 1 aliphatic heterocycles. The number of carbonyl (C=O) groups excluding carboxylic acids is 1. The number of hydrogen-bond donors (Lipinski definition) is 1. The molecule has 1 fully saturated rings. The molecule has 1 rings (SSSR count). The van der Waals surface area contributed by atoms with Crippen molar-refractivity contribution in [2.45, 2.75) is 44.8 Å². The Hall–Kier alpha value is -0.320. The Morgan fingerprint density at radius 2 is 2.18 bits per heavy atom. The van der Waals surface area contributed by atoms with Gasteiger partial charge in [-0.1, -0.05) is 0 Å². The predicted octanol–water partition coefficient (Wildman–Crippen LogP) is 1.43. The Morgan fingerprint density at radius 1 is 1.47 bits per heavy atom. The second-order valence-electron chi connectivity index (χ2n) is 4.60. The van der Waals surface area contributed by atoms with Crippen LogP contribution < -0.4 is 5.32 Å². The van der Waals surface area contributed by atoms with Crippen LogP contribution >= 0.6 is 12.4 Å². The molecule has 1 saturated heterocycles. The third-order valence-corrected chi connectivity index (χ3v) is 3.12. The van der Waals surface area contributed by atoms with Crippen LogP contribution in [0.25, 0.3) is 0 Å². The summed E-state index contributed by atoms with van der Waals surface area (Å²) in [6.07, 6.45) is 4.40. The number of likely N-dealkylation sites (N-methyl/N-ethyl adjacent to an activating group) is 2. The van der Waals surface area contributed by atoms with Crippen molar-refractivity contribution >= 4 is 18.3 Å². The van der Waals surface area contributed by atoms with Crippen molar-refractivity contribution in [3.63, 3.8) is 0 Å². The second-order valence-corrected chi connectivity index (χ2v) is 4.60. The van der Waals surface area contributed by atoms with Gasteiger partial charge in [0.05, 0.1) is 12.2 Å². The first kappa shape index (κ1) is 16.7. The first-order valence-corrected chi connectivity index (χ1v) is 6.17. The summed E-state index contributed by atoms with van der Waals surface area (Å²) in [5.74, 6) is 0.221. The predicted molar refractivity (Wildman–Crippen MR) is 71.6 cm³/mol. The minimum atomic E-state index is 0. The number of halogens is 1. The largest absolute Gasteiger partial charge is 0.375 e. The molecule has 0 aromatic rings.